The van der Waals surface area contributed by atoms with E-state index >= 15 is 0 Å². The van der Waals surface area contributed by atoms with Crippen LogP contribution in [0.1, 0.15) is 5.69 Å². The van der Waals surface area contributed by atoms with Gasteiger partial charge in [-0.2, -0.15) is 0 Å². The summed E-state index contributed by atoms with van der Waals surface area (Å²) >= 11 is 5.85. The molecule has 2 aromatic rings. The van der Waals surface area contributed by atoms with Crippen molar-refractivity contribution in [2.45, 2.75) is 6.61 Å². The molecule has 0 saturated heterocycles. The number of rotatable bonds is 4. The van der Waals surface area contributed by atoms with E-state index in [-0.39, 0.29) is 0 Å². The molecule has 0 aliphatic rings. The second-order valence-electron chi connectivity index (χ2n) is 3.40. The Morgan fingerprint density at radius 3 is 2.82 bits per heavy atom. The van der Waals surface area contributed by atoms with Crippen molar-refractivity contribution in [1.82, 2.24) is 4.98 Å². The molecule has 0 fully saturated rings. The molecule has 5 heteroatoms. The maximum absolute atomic E-state index is 5.85. The van der Waals surface area contributed by atoms with Gasteiger partial charge in [-0.05, 0) is 30.3 Å². The van der Waals surface area contributed by atoms with Crippen LogP contribution in [0.2, 0.25) is 5.02 Å². The standard InChI is InChI=1S/C12H12ClN3O/c13-9-3-1-5-11(7-9)17-8-10-4-2-6-12(15-10)16-14/h1-7H,8,14H2,(H,15,16). The lowest BCUT2D eigenvalue weighted by Crippen LogP contribution is -2.09. The average molecular weight is 250 g/mol. The highest BCUT2D eigenvalue weighted by molar-refractivity contribution is 6.30. The number of hydrazine groups is 1. The lowest BCUT2D eigenvalue weighted by atomic mass is 10.3. The van der Waals surface area contributed by atoms with Gasteiger partial charge < -0.3 is 10.2 Å². The zero-order chi connectivity index (χ0) is 12.1. The van der Waals surface area contributed by atoms with E-state index in [0.29, 0.717) is 23.2 Å². The Morgan fingerprint density at radius 2 is 2.06 bits per heavy atom. The van der Waals surface area contributed by atoms with E-state index in [4.69, 9.17) is 22.2 Å². The molecule has 88 valence electrons. The van der Waals surface area contributed by atoms with Crippen LogP contribution >= 0.6 is 11.6 Å². The van der Waals surface area contributed by atoms with Crippen molar-refractivity contribution in [3.63, 3.8) is 0 Å². The van der Waals surface area contributed by atoms with Gasteiger partial charge in [0, 0.05) is 5.02 Å². The number of aromatic nitrogens is 1. The Labute approximate surface area is 104 Å². The summed E-state index contributed by atoms with van der Waals surface area (Å²) in [5, 5.41) is 0.646. The van der Waals surface area contributed by atoms with Crippen molar-refractivity contribution in [3.8, 4) is 5.75 Å². The van der Waals surface area contributed by atoms with E-state index < -0.39 is 0 Å². The quantitative estimate of drug-likeness (QED) is 0.646. The first kappa shape index (κ1) is 11.7. The monoisotopic (exact) mass is 249 g/mol. The number of halogens is 1. The van der Waals surface area contributed by atoms with Crippen molar-refractivity contribution in [2.75, 3.05) is 5.43 Å². The first-order chi connectivity index (χ1) is 8.28. The fourth-order valence-electron chi connectivity index (χ4n) is 1.35. The summed E-state index contributed by atoms with van der Waals surface area (Å²) in [6.07, 6.45) is 0. The highest BCUT2D eigenvalue weighted by atomic mass is 35.5. The van der Waals surface area contributed by atoms with Gasteiger partial charge in [0.05, 0.1) is 5.69 Å². The molecule has 0 unspecified atom stereocenters. The van der Waals surface area contributed by atoms with Crippen molar-refractivity contribution < 1.29 is 4.74 Å². The Bertz CT molecular complexity index is 505. The van der Waals surface area contributed by atoms with Crippen LogP contribution in [0.5, 0.6) is 5.75 Å². The first-order valence-corrected chi connectivity index (χ1v) is 5.46. The number of ether oxygens (including phenoxy) is 1. The molecule has 1 aromatic carbocycles. The van der Waals surface area contributed by atoms with E-state index in [0.717, 1.165) is 5.69 Å². The smallest absolute Gasteiger partial charge is 0.140 e. The van der Waals surface area contributed by atoms with Gasteiger partial charge in [-0.3, -0.25) is 0 Å². The van der Waals surface area contributed by atoms with Crippen LogP contribution in [0.4, 0.5) is 5.82 Å². The number of hydrogen-bond donors (Lipinski definition) is 2. The van der Waals surface area contributed by atoms with Gasteiger partial charge in [-0.25, -0.2) is 10.8 Å². The number of nitrogen functional groups attached to an aromatic ring is 1. The normalized spacial score (nSPS) is 10.0. The number of benzene rings is 1. The van der Waals surface area contributed by atoms with E-state index in [1.165, 1.54) is 0 Å². The number of nitrogens with zero attached hydrogens (tertiary/aromatic N) is 1. The zero-order valence-electron chi connectivity index (χ0n) is 9.06. The molecule has 1 heterocycles. The van der Waals surface area contributed by atoms with E-state index in [1.807, 2.05) is 24.3 Å². The average Bonchev–Trinajstić information content (AvgIpc) is 2.37. The summed E-state index contributed by atoms with van der Waals surface area (Å²) in [5.74, 6) is 6.60. The second kappa shape index (κ2) is 5.52. The largest absolute Gasteiger partial charge is 0.487 e. The minimum atomic E-state index is 0.371. The maximum Gasteiger partial charge on any atom is 0.140 e. The highest BCUT2D eigenvalue weighted by Crippen LogP contribution is 2.18. The number of nitrogens with one attached hydrogen (secondary N) is 1. The molecule has 1 aromatic heterocycles. The number of hydrogen-bond acceptors (Lipinski definition) is 4. The molecule has 0 aliphatic carbocycles. The Kier molecular flexibility index (Phi) is 3.80. The molecule has 0 aliphatic heterocycles. The van der Waals surface area contributed by atoms with E-state index in [2.05, 4.69) is 10.4 Å². The number of pyridine rings is 1. The van der Waals surface area contributed by atoms with Gasteiger partial charge in [0.15, 0.2) is 0 Å². The summed E-state index contributed by atoms with van der Waals surface area (Å²) in [5.41, 5.74) is 3.28. The lowest BCUT2D eigenvalue weighted by Gasteiger charge is -2.07. The minimum absolute atomic E-state index is 0.371. The molecule has 3 N–H and O–H groups in total. The van der Waals surface area contributed by atoms with Gasteiger partial charge in [0.1, 0.15) is 18.2 Å². The molecule has 0 atom stereocenters. The molecular weight excluding hydrogens is 238 g/mol. The molecule has 0 radical (unpaired) electrons. The van der Waals surface area contributed by atoms with Crippen LogP contribution < -0.4 is 16.0 Å². The van der Waals surface area contributed by atoms with Gasteiger partial charge in [0.2, 0.25) is 0 Å². The maximum atomic E-state index is 5.85. The van der Waals surface area contributed by atoms with Crippen LogP contribution in [0.3, 0.4) is 0 Å². The SMILES string of the molecule is NNc1cccc(COc2cccc(Cl)c2)n1. The molecule has 4 nitrogen and oxygen atoms in total. The van der Waals surface area contributed by atoms with Gasteiger partial charge in [-0.1, -0.05) is 23.7 Å². The first-order valence-electron chi connectivity index (χ1n) is 5.09. The predicted molar refractivity (Wildman–Crippen MR) is 67.8 cm³/mol. The minimum Gasteiger partial charge on any atom is -0.487 e. The van der Waals surface area contributed by atoms with Gasteiger partial charge in [-0.15, -0.1) is 0 Å². The lowest BCUT2D eigenvalue weighted by molar-refractivity contribution is 0.301. The Hall–Kier alpha value is -1.78. The van der Waals surface area contributed by atoms with Crippen LogP contribution in [0.25, 0.3) is 0 Å². The van der Waals surface area contributed by atoms with E-state index in [1.54, 1.807) is 18.2 Å². The van der Waals surface area contributed by atoms with Gasteiger partial charge in [0.25, 0.3) is 0 Å². The van der Waals surface area contributed by atoms with Gasteiger partial charge >= 0.3 is 0 Å². The molecule has 0 bridgehead atoms. The molecule has 17 heavy (non-hydrogen) atoms. The van der Waals surface area contributed by atoms with Crippen LogP contribution in [0, 0.1) is 0 Å². The third-order valence-electron chi connectivity index (χ3n) is 2.14. The summed E-state index contributed by atoms with van der Waals surface area (Å²) < 4.78 is 5.56. The molecular formula is C12H12ClN3O. The van der Waals surface area contributed by atoms with E-state index in [9.17, 15) is 0 Å². The van der Waals surface area contributed by atoms with Crippen LogP contribution in [-0.2, 0) is 6.61 Å². The van der Waals surface area contributed by atoms with Crippen molar-refractivity contribution in [2.24, 2.45) is 5.84 Å². The Balaban J connectivity index is 2.02. The van der Waals surface area contributed by atoms with Crippen LogP contribution in [0.15, 0.2) is 42.5 Å². The fraction of sp³-hybridized carbons (Fsp3) is 0.0833. The third kappa shape index (κ3) is 3.34. The highest BCUT2D eigenvalue weighted by Gasteiger charge is 1.99. The summed E-state index contributed by atoms with van der Waals surface area (Å²) in [6, 6.07) is 12.7. The number of anilines is 1. The Morgan fingerprint density at radius 1 is 1.24 bits per heavy atom. The molecule has 2 rings (SSSR count). The van der Waals surface area contributed by atoms with Crippen molar-refractivity contribution in [3.05, 3.63) is 53.2 Å². The van der Waals surface area contributed by atoms with Crippen LogP contribution in [-0.4, -0.2) is 4.98 Å². The molecule has 0 amide bonds. The summed E-state index contributed by atoms with van der Waals surface area (Å²) in [6.45, 7) is 0.371. The second-order valence-corrected chi connectivity index (χ2v) is 3.84. The topological polar surface area (TPSA) is 60.2 Å². The van der Waals surface area contributed by atoms with Crippen molar-refractivity contribution >= 4 is 17.4 Å². The number of nitrogens with two attached hydrogens (primary N) is 1. The fourth-order valence-corrected chi connectivity index (χ4v) is 1.53. The summed E-state index contributed by atoms with van der Waals surface area (Å²) in [4.78, 5) is 4.23. The predicted octanol–water partition coefficient (Wildman–Crippen LogP) is 2.60. The third-order valence-corrected chi connectivity index (χ3v) is 2.37. The molecule has 0 saturated carbocycles. The zero-order valence-corrected chi connectivity index (χ0v) is 9.82. The molecule has 0 spiro atoms. The van der Waals surface area contributed by atoms with Crippen molar-refractivity contribution in [1.29, 1.82) is 0 Å². The summed E-state index contributed by atoms with van der Waals surface area (Å²) in [7, 11) is 0.